The zero-order chi connectivity index (χ0) is 32.2. The third-order valence-electron chi connectivity index (χ3n) is 8.81. The average molecular weight is 614 g/mol. The van der Waals surface area contributed by atoms with Gasteiger partial charge >= 0.3 is 0 Å². The van der Waals surface area contributed by atoms with Crippen molar-refractivity contribution in [2.45, 2.75) is 0 Å². The van der Waals surface area contributed by atoms with Crippen LogP contribution in [0.1, 0.15) is 0 Å². The number of rotatable bonds is 4. The molecule has 0 saturated heterocycles. The molecule has 3 aromatic heterocycles. The molecule has 0 atom stereocenters. The van der Waals surface area contributed by atoms with Crippen molar-refractivity contribution in [3.63, 3.8) is 0 Å². The molecular formula is C41H23N7. The molecule has 3 heterocycles. The Hall–Kier alpha value is -7.09. The van der Waals surface area contributed by atoms with Crippen molar-refractivity contribution in [3.05, 3.63) is 162 Å². The number of benzene rings is 6. The minimum atomic E-state index is 0.485. The third kappa shape index (κ3) is 4.16. The van der Waals surface area contributed by atoms with E-state index >= 15 is 0 Å². The first-order chi connectivity index (χ1) is 23.7. The highest BCUT2D eigenvalue weighted by Crippen LogP contribution is 2.38. The van der Waals surface area contributed by atoms with Gasteiger partial charge in [-0.05, 0) is 59.3 Å². The van der Waals surface area contributed by atoms with Crippen molar-refractivity contribution >= 4 is 55.0 Å². The van der Waals surface area contributed by atoms with E-state index in [0.717, 1.165) is 60.4 Å². The molecule has 222 valence electrons. The predicted octanol–water partition coefficient (Wildman–Crippen LogP) is 10.5. The topological polar surface area (TPSA) is 57.2 Å². The highest BCUT2D eigenvalue weighted by atomic mass is 15.2. The third-order valence-corrected chi connectivity index (χ3v) is 8.81. The molecule has 7 heteroatoms. The Morgan fingerprint density at radius 1 is 0.438 bits per heavy atom. The van der Waals surface area contributed by atoms with E-state index in [2.05, 4.69) is 49.2 Å². The van der Waals surface area contributed by atoms with E-state index in [4.69, 9.17) is 28.1 Å². The summed E-state index contributed by atoms with van der Waals surface area (Å²) in [4.78, 5) is 22.8. The summed E-state index contributed by atoms with van der Waals surface area (Å²) < 4.78 is 4.29. The summed E-state index contributed by atoms with van der Waals surface area (Å²) in [5, 5.41) is 4.06. The molecule has 0 spiro atoms. The van der Waals surface area contributed by atoms with Crippen LogP contribution in [0.15, 0.2) is 140 Å². The van der Waals surface area contributed by atoms with Gasteiger partial charge in [0.2, 0.25) is 5.95 Å². The Labute approximate surface area is 275 Å². The van der Waals surface area contributed by atoms with Gasteiger partial charge in [0.1, 0.15) is 0 Å². The van der Waals surface area contributed by atoms with E-state index < -0.39 is 0 Å². The van der Waals surface area contributed by atoms with Crippen LogP contribution in [0.5, 0.6) is 0 Å². The fraction of sp³-hybridized carbons (Fsp3) is 0. The second-order valence-electron chi connectivity index (χ2n) is 11.5. The van der Waals surface area contributed by atoms with Gasteiger partial charge in [-0.1, -0.05) is 91.0 Å². The van der Waals surface area contributed by atoms with Crippen LogP contribution in [-0.4, -0.2) is 24.1 Å². The second kappa shape index (κ2) is 10.8. The molecule has 0 amide bonds. The van der Waals surface area contributed by atoms with Gasteiger partial charge in [0.05, 0.1) is 40.9 Å². The predicted molar refractivity (Wildman–Crippen MR) is 192 cm³/mol. The van der Waals surface area contributed by atoms with Crippen molar-refractivity contribution in [1.29, 1.82) is 0 Å². The monoisotopic (exact) mass is 613 g/mol. The van der Waals surface area contributed by atoms with Crippen LogP contribution >= 0.6 is 0 Å². The van der Waals surface area contributed by atoms with Gasteiger partial charge in [-0.25, -0.2) is 14.7 Å². The number of hydrogen-bond acceptors (Lipinski definition) is 3. The lowest BCUT2D eigenvalue weighted by Crippen LogP contribution is -2.07. The fourth-order valence-corrected chi connectivity index (χ4v) is 6.70. The van der Waals surface area contributed by atoms with Crippen molar-refractivity contribution < 1.29 is 0 Å². The van der Waals surface area contributed by atoms with Crippen LogP contribution in [0, 0.1) is 13.1 Å². The summed E-state index contributed by atoms with van der Waals surface area (Å²) >= 11 is 0. The Morgan fingerprint density at radius 2 is 0.958 bits per heavy atom. The van der Waals surface area contributed by atoms with Gasteiger partial charge in [-0.2, -0.15) is 9.97 Å². The standard InChI is InChI=1S/C41H23N7/c1-42-27-20-22-37-32(24-27)29-14-6-9-17-34(29)47(37)36-19-11-8-16-31(36)40-44-39(26-12-4-3-5-13-26)45-41(46-40)48-35-18-10-7-15-30(35)33-25-28(43-2)21-23-38(33)48/h3-25H. The van der Waals surface area contributed by atoms with Crippen LogP contribution in [-0.2, 0) is 0 Å². The zero-order valence-corrected chi connectivity index (χ0v) is 25.4. The highest BCUT2D eigenvalue weighted by Gasteiger charge is 2.21. The smallest absolute Gasteiger partial charge is 0.238 e. The molecule has 0 fully saturated rings. The van der Waals surface area contributed by atoms with Crippen molar-refractivity contribution in [3.8, 4) is 34.4 Å². The summed E-state index contributed by atoms with van der Waals surface area (Å²) in [5.74, 6) is 1.57. The summed E-state index contributed by atoms with van der Waals surface area (Å²) in [6.45, 7) is 15.2. The lowest BCUT2D eigenvalue weighted by Gasteiger charge is -2.15. The van der Waals surface area contributed by atoms with Gasteiger partial charge in [0, 0.05) is 21.9 Å². The van der Waals surface area contributed by atoms with Gasteiger partial charge in [-0.15, -0.1) is 0 Å². The summed E-state index contributed by atoms with van der Waals surface area (Å²) in [6, 6.07) is 46.1. The van der Waals surface area contributed by atoms with Gasteiger partial charge in [0.25, 0.3) is 0 Å². The van der Waals surface area contributed by atoms with E-state index in [1.807, 2.05) is 109 Å². The maximum atomic E-state index is 7.62. The molecule has 7 nitrogen and oxygen atoms in total. The average Bonchev–Trinajstić information content (AvgIpc) is 3.67. The number of hydrogen-bond donors (Lipinski definition) is 0. The molecule has 0 radical (unpaired) electrons. The molecule has 6 aromatic carbocycles. The summed E-state index contributed by atoms with van der Waals surface area (Å²) in [6.07, 6.45) is 0. The first-order valence-corrected chi connectivity index (χ1v) is 15.4. The molecule has 0 aliphatic carbocycles. The van der Waals surface area contributed by atoms with E-state index in [1.54, 1.807) is 0 Å². The molecule has 0 aliphatic heterocycles. The van der Waals surface area contributed by atoms with Crippen LogP contribution in [0.2, 0.25) is 0 Å². The number of para-hydroxylation sites is 3. The zero-order valence-electron chi connectivity index (χ0n) is 25.4. The van der Waals surface area contributed by atoms with Gasteiger partial charge in [-0.3, -0.25) is 4.57 Å². The van der Waals surface area contributed by atoms with E-state index in [0.29, 0.717) is 29.0 Å². The molecular weight excluding hydrogens is 591 g/mol. The molecule has 0 unspecified atom stereocenters. The molecule has 0 N–H and O–H groups in total. The van der Waals surface area contributed by atoms with E-state index in [-0.39, 0.29) is 0 Å². The van der Waals surface area contributed by atoms with Crippen molar-refractivity contribution in [2.75, 3.05) is 0 Å². The SMILES string of the molecule is [C-]#[N+]c1ccc2c(c1)c1ccccc1n2-c1nc(-c2ccccc2)nc(-c2ccccc2-n2c3ccccc3c3cc([N+]#[C-])ccc32)n1. The minimum absolute atomic E-state index is 0.485. The molecule has 48 heavy (non-hydrogen) atoms. The van der Waals surface area contributed by atoms with Crippen LogP contribution in [0.3, 0.4) is 0 Å². The Morgan fingerprint density at radius 3 is 1.62 bits per heavy atom. The summed E-state index contributed by atoms with van der Waals surface area (Å²) in [5.41, 5.74) is 7.68. The summed E-state index contributed by atoms with van der Waals surface area (Å²) in [7, 11) is 0. The molecule has 0 aliphatic rings. The van der Waals surface area contributed by atoms with Gasteiger partial charge in [0.15, 0.2) is 23.0 Å². The Kier molecular flexibility index (Phi) is 6.11. The normalized spacial score (nSPS) is 11.3. The molecule has 9 rings (SSSR count). The Bertz CT molecular complexity index is 2810. The molecule has 0 bridgehead atoms. The maximum absolute atomic E-state index is 7.62. The first-order valence-electron chi connectivity index (χ1n) is 15.4. The van der Waals surface area contributed by atoms with Crippen LogP contribution in [0.4, 0.5) is 11.4 Å². The largest absolute Gasteiger partial charge is 0.309 e. The maximum Gasteiger partial charge on any atom is 0.238 e. The highest BCUT2D eigenvalue weighted by molar-refractivity contribution is 6.11. The van der Waals surface area contributed by atoms with Crippen molar-refractivity contribution in [1.82, 2.24) is 24.1 Å². The van der Waals surface area contributed by atoms with Gasteiger partial charge < -0.3 is 4.57 Å². The van der Waals surface area contributed by atoms with Crippen LogP contribution in [0.25, 0.3) is 87.7 Å². The quantitative estimate of drug-likeness (QED) is 0.186. The fourth-order valence-electron chi connectivity index (χ4n) is 6.70. The lowest BCUT2D eigenvalue weighted by molar-refractivity contribution is 0.952. The second-order valence-corrected chi connectivity index (χ2v) is 11.5. The van der Waals surface area contributed by atoms with E-state index in [1.165, 1.54) is 0 Å². The molecule has 9 aromatic rings. The van der Waals surface area contributed by atoms with Crippen LogP contribution < -0.4 is 0 Å². The minimum Gasteiger partial charge on any atom is -0.309 e. The number of fused-ring (bicyclic) bond motifs is 6. The number of aromatic nitrogens is 5. The molecule has 0 saturated carbocycles. The number of nitrogens with zero attached hydrogens (tertiary/aromatic N) is 7. The lowest BCUT2D eigenvalue weighted by atomic mass is 10.1. The van der Waals surface area contributed by atoms with Crippen molar-refractivity contribution in [2.24, 2.45) is 0 Å². The Balaban J connectivity index is 1.36. The first kappa shape index (κ1) is 27.2. The van der Waals surface area contributed by atoms with E-state index in [9.17, 15) is 0 Å².